The van der Waals surface area contributed by atoms with E-state index in [1.165, 1.54) is 4.90 Å². The number of rotatable bonds is 2. The molecule has 1 aliphatic rings. The third-order valence-electron chi connectivity index (χ3n) is 2.54. The summed E-state index contributed by atoms with van der Waals surface area (Å²) in [5.41, 5.74) is 2.59. The van der Waals surface area contributed by atoms with Crippen molar-refractivity contribution in [1.82, 2.24) is 15.3 Å². The molecule has 0 unspecified atom stereocenters. The third-order valence-corrected chi connectivity index (χ3v) is 2.54. The van der Waals surface area contributed by atoms with Crippen molar-refractivity contribution >= 4 is 12.0 Å². The molecule has 1 fully saturated rings. The topological polar surface area (TPSA) is 72.9 Å². The molecule has 1 aliphatic heterocycles. The molecule has 0 spiro atoms. The molecule has 0 radical (unpaired) electrons. The van der Waals surface area contributed by atoms with Crippen molar-refractivity contribution in [3.05, 3.63) is 0 Å². The molecule has 2 N–H and O–H groups in total. The van der Waals surface area contributed by atoms with Crippen LogP contribution in [0, 0.1) is 11.8 Å². The molecule has 1 heterocycles. The lowest BCUT2D eigenvalue weighted by molar-refractivity contribution is -0.142. The summed E-state index contributed by atoms with van der Waals surface area (Å²) in [5.74, 6) is -1.27. The first-order valence-corrected chi connectivity index (χ1v) is 4.87. The number of carbonyl (C=O) groups excluding carboxylic acids is 1. The van der Waals surface area contributed by atoms with Crippen molar-refractivity contribution in [2.24, 2.45) is 11.8 Å². The Bertz CT molecular complexity index is 267. The first-order valence-electron chi connectivity index (χ1n) is 4.87. The van der Waals surface area contributed by atoms with E-state index in [2.05, 4.69) is 5.43 Å². The van der Waals surface area contributed by atoms with E-state index >= 15 is 0 Å². The molecule has 15 heavy (non-hydrogen) atoms. The highest BCUT2D eigenvalue weighted by Gasteiger charge is 2.36. The van der Waals surface area contributed by atoms with Gasteiger partial charge in [0.15, 0.2) is 0 Å². The fourth-order valence-corrected chi connectivity index (χ4v) is 1.72. The zero-order valence-corrected chi connectivity index (χ0v) is 9.23. The highest BCUT2D eigenvalue weighted by Crippen LogP contribution is 2.22. The van der Waals surface area contributed by atoms with Crippen LogP contribution in [0.15, 0.2) is 0 Å². The van der Waals surface area contributed by atoms with Gasteiger partial charge in [-0.15, -0.1) is 0 Å². The minimum atomic E-state index is -0.831. The summed E-state index contributed by atoms with van der Waals surface area (Å²) in [5, 5.41) is 10.4. The number of carbonyl (C=O) groups is 2. The second-order valence-corrected chi connectivity index (χ2v) is 4.14. The Kier molecular flexibility index (Phi) is 3.52. The quantitative estimate of drug-likeness (QED) is 0.627. The van der Waals surface area contributed by atoms with Crippen molar-refractivity contribution in [1.29, 1.82) is 0 Å². The Labute approximate surface area is 88.8 Å². The number of nitrogens with zero attached hydrogens (tertiary/aromatic N) is 2. The van der Waals surface area contributed by atoms with Crippen LogP contribution in [-0.2, 0) is 4.79 Å². The Morgan fingerprint density at radius 1 is 1.40 bits per heavy atom. The van der Waals surface area contributed by atoms with Crippen LogP contribution in [0.1, 0.15) is 6.92 Å². The zero-order chi connectivity index (χ0) is 11.6. The molecule has 0 aliphatic carbocycles. The fraction of sp³-hybridized carbons (Fsp3) is 0.778. The van der Waals surface area contributed by atoms with Gasteiger partial charge in [-0.1, -0.05) is 6.92 Å². The molecule has 86 valence electrons. The molecule has 0 bridgehead atoms. The SMILES string of the molecule is C[C@@H]1CN(C(=O)NN(C)C)C[C@H]1C(=O)O. The van der Waals surface area contributed by atoms with Gasteiger partial charge in [0.2, 0.25) is 0 Å². The second-order valence-electron chi connectivity index (χ2n) is 4.14. The number of carboxylic acid groups (broad SMARTS) is 1. The first kappa shape index (κ1) is 11.8. The summed E-state index contributed by atoms with van der Waals surface area (Å²) in [4.78, 5) is 23.9. The van der Waals surface area contributed by atoms with Gasteiger partial charge in [0, 0.05) is 27.2 Å². The van der Waals surface area contributed by atoms with Gasteiger partial charge < -0.3 is 10.0 Å². The maximum absolute atomic E-state index is 11.5. The predicted molar refractivity (Wildman–Crippen MR) is 54.1 cm³/mol. The maximum atomic E-state index is 11.5. The maximum Gasteiger partial charge on any atom is 0.331 e. The monoisotopic (exact) mass is 215 g/mol. The molecule has 6 heteroatoms. The van der Waals surface area contributed by atoms with E-state index in [1.807, 2.05) is 6.92 Å². The molecule has 0 saturated carbocycles. The molecule has 2 atom stereocenters. The standard InChI is InChI=1S/C9H17N3O3/c1-6-4-12(5-7(6)8(13)14)9(15)10-11(2)3/h6-7H,4-5H2,1-3H3,(H,10,15)(H,13,14)/t6-,7-/m1/s1. The van der Waals surface area contributed by atoms with Gasteiger partial charge >= 0.3 is 12.0 Å². The van der Waals surface area contributed by atoms with Crippen molar-refractivity contribution in [2.45, 2.75) is 6.92 Å². The minimum Gasteiger partial charge on any atom is -0.481 e. The lowest BCUT2D eigenvalue weighted by Gasteiger charge is -2.20. The summed E-state index contributed by atoms with van der Waals surface area (Å²) in [6.45, 7) is 2.63. The highest BCUT2D eigenvalue weighted by atomic mass is 16.4. The number of aliphatic carboxylic acids is 1. The number of likely N-dealkylation sites (tertiary alicyclic amines) is 1. The zero-order valence-electron chi connectivity index (χ0n) is 9.23. The number of hydrogen-bond acceptors (Lipinski definition) is 3. The van der Waals surface area contributed by atoms with Crippen LogP contribution in [0.25, 0.3) is 0 Å². The van der Waals surface area contributed by atoms with Crippen LogP contribution in [0.4, 0.5) is 4.79 Å². The fourth-order valence-electron chi connectivity index (χ4n) is 1.72. The normalized spacial score (nSPS) is 25.7. The number of amides is 2. The van der Waals surface area contributed by atoms with Gasteiger partial charge in [-0.25, -0.2) is 9.80 Å². The van der Waals surface area contributed by atoms with Crippen LogP contribution in [0.2, 0.25) is 0 Å². The lowest BCUT2D eigenvalue weighted by atomic mass is 9.99. The molecular formula is C9H17N3O3. The Morgan fingerprint density at radius 2 is 2.00 bits per heavy atom. The molecular weight excluding hydrogens is 198 g/mol. The summed E-state index contributed by atoms with van der Waals surface area (Å²) in [7, 11) is 3.43. The van der Waals surface area contributed by atoms with Gasteiger partial charge in [-0.05, 0) is 5.92 Å². The summed E-state index contributed by atoms with van der Waals surface area (Å²) < 4.78 is 0. The number of hydrogen-bond donors (Lipinski definition) is 2. The van der Waals surface area contributed by atoms with Gasteiger partial charge in [-0.3, -0.25) is 10.2 Å². The smallest absolute Gasteiger partial charge is 0.331 e. The van der Waals surface area contributed by atoms with Crippen LogP contribution in [0.3, 0.4) is 0 Å². The average Bonchev–Trinajstić information content (AvgIpc) is 2.46. The predicted octanol–water partition coefficient (Wildman–Crippen LogP) is -0.175. The molecule has 0 aromatic heterocycles. The van der Waals surface area contributed by atoms with Crippen molar-refractivity contribution in [3.63, 3.8) is 0 Å². The molecule has 6 nitrogen and oxygen atoms in total. The molecule has 0 aromatic carbocycles. The van der Waals surface area contributed by atoms with Gasteiger partial charge in [0.1, 0.15) is 0 Å². The lowest BCUT2D eigenvalue weighted by Crippen LogP contribution is -2.45. The number of urea groups is 1. The highest BCUT2D eigenvalue weighted by molar-refractivity contribution is 5.77. The van der Waals surface area contributed by atoms with E-state index in [0.29, 0.717) is 6.54 Å². The van der Waals surface area contributed by atoms with E-state index in [0.717, 1.165) is 0 Å². The third kappa shape index (κ3) is 2.82. The molecule has 0 aromatic rings. The largest absolute Gasteiger partial charge is 0.481 e. The summed E-state index contributed by atoms with van der Waals surface area (Å²) in [6, 6.07) is -0.240. The minimum absolute atomic E-state index is 0.00964. The number of hydrazine groups is 1. The van der Waals surface area contributed by atoms with Crippen molar-refractivity contribution < 1.29 is 14.7 Å². The van der Waals surface area contributed by atoms with E-state index in [9.17, 15) is 9.59 Å². The van der Waals surface area contributed by atoms with Crippen LogP contribution in [0.5, 0.6) is 0 Å². The van der Waals surface area contributed by atoms with E-state index in [-0.39, 0.29) is 18.5 Å². The number of carboxylic acids is 1. The Hall–Kier alpha value is -1.30. The van der Waals surface area contributed by atoms with E-state index in [1.54, 1.807) is 19.1 Å². The molecule has 1 rings (SSSR count). The van der Waals surface area contributed by atoms with Crippen LogP contribution >= 0.6 is 0 Å². The van der Waals surface area contributed by atoms with E-state index < -0.39 is 11.9 Å². The molecule has 1 saturated heterocycles. The number of nitrogens with one attached hydrogen (secondary N) is 1. The van der Waals surface area contributed by atoms with Crippen molar-refractivity contribution in [3.8, 4) is 0 Å². The van der Waals surface area contributed by atoms with Crippen LogP contribution in [-0.4, -0.2) is 54.2 Å². The summed E-state index contributed by atoms with van der Waals surface area (Å²) >= 11 is 0. The van der Waals surface area contributed by atoms with Gasteiger partial charge in [0.25, 0.3) is 0 Å². The second kappa shape index (κ2) is 4.48. The van der Waals surface area contributed by atoms with Crippen molar-refractivity contribution in [2.75, 3.05) is 27.2 Å². The molecule has 2 amide bonds. The van der Waals surface area contributed by atoms with Crippen LogP contribution < -0.4 is 5.43 Å². The Balaban J connectivity index is 2.54. The average molecular weight is 215 g/mol. The Morgan fingerprint density at radius 3 is 2.40 bits per heavy atom. The summed E-state index contributed by atoms with van der Waals surface area (Å²) in [6.07, 6.45) is 0. The van der Waals surface area contributed by atoms with Gasteiger partial charge in [0.05, 0.1) is 5.92 Å². The van der Waals surface area contributed by atoms with Gasteiger partial charge in [-0.2, -0.15) is 0 Å². The first-order chi connectivity index (χ1) is 6.91. The van der Waals surface area contributed by atoms with E-state index in [4.69, 9.17) is 5.11 Å².